The van der Waals surface area contributed by atoms with E-state index in [1.807, 2.05) is 134 Å². The van der Waals surface area contributed by atoms with Crippen LogP contribution in [0.2, 0.25) is 0 Å². The Bertz CT molecular complexity index is 2460. The molecule has 0 N–H and O–H groups in total. The van der Waals surface area contributed by atoms with E-state index in [0.717, 1.165) is 24.3 Å². The molecule has 9 rings (SSSR count). The molecule has 2 aliphatic rings. The molecule has 0 atom stereocenters. The molecule has 10 heteroatoms. The molecule has 7 aromatic carbocycles. The van der Waals surface area contributed by atoms with E-state index in [1.165, 1.54) is 12.1 Å². The van der Waals surface area contributed by atoms with E-state index in [-0.39, 0.29) is 11.1 Å². The second kappa shape index (κ2) is 13.5. The fraction of sp³-hybridized carbons (Fsp3) is 0.125. The van der Waals surface area contributed by atoms with Crippen LogP contribution in [0.3, 0.4) is 0 Å². The Morgan fingerprint density at radius 2 is 0.707 bits per heavy atom. The Morgan fingerprint density at radius 3 is 1.02 bits per heavy atom. The lowest BCUT2D eigenvalue weighted by molar-refractivity contribution is -0.138. The van der Waals surface area contributed by atoms with E-state index in [2.05, 4.69) is 0 Å². The zero-order valence-corrected chi connectivity index (χ0v) is 31.4. The molecule has 0 bridgehead atoms. The summed E-state index contributed by atoms with van der Waals surface area (Å²) < 4.78 is 100. The number of nitrogens with zero attached hydrogens (tertiary/aromatic N) is 2. The van der Waals surface area contributed by atoms with Crippen molar-refractivity contribution in [2.45, 2.75) is 38.5 Å². The van der Waals surface area contributed by atoms with Gasteiger partial charge < -0.3 is 19.3 Å². The number of hydrogen-bond acceptors (Lipinski definition) is 4. The minimum absolute atomic E-state index is 0.235. The molecule has 0 radical (unpaired) electrons. The number of rotatable bonds is 4. The van der Waals surface area contributed by atoms with Gasteiger partial charge in [0, 0.05) is 11.1 Å². The van der Waals surface area contributed by atoms with Crippen molar-refractivity contribution in [2.75, 3.05) is 9.80 Å². The van der Waals surface area contributed by atoms with Crippen molar-refractivity contribution < 1.29 is 35.8 Å². The zero-order valence-electron chi connectivity index (χ0n) is 31.4. The third-order valence-corrected chi connectivity index (χ3v) is 10.3. The highest BCUT2D eigenvalue weighted by atomic mass is 19.4. The van der Waals surface area contributed by atoms with Crippen LogP contribution < -0.4 is 19.3 Å². The van der Waals surface area contributed by atoms with E-state index in [0.29, 0.717) is 73.8 Å². The maximum atomic E-state index is 14.6. The number of para-hydroxylation sites is 8. The fourth-order valence-electron chi connectivity index (χ4n) is 7.97. The fourth-order valence-corrected chi connectivity index (χ4v) is 7.97. The van der Waals surface area contributed by atoms with E-state index in [9.17, 15) is 26.3 Å². The predicted molar refractivity (Wildman–Crippen MR) is 216 cm³/mol. The van der Waals surface area contributed by atoms with Gasteiger partial charge in [0.2, 0.25) is 0 Å². The van der Waals surface area contributed by atoms with Crippen LogP contribution in [0.1, 0.15) is 37.5 Å². The van der Waals surface area contributed by atoms with Crippen LogP contribution in [-0.4, -0.2) is 0 Å². The lowest BCUT2D eigenvalue weighted by atomic mass is 9.75. The summed E-state index contributed by atoms with van der Waals surface area (Å²) in [6.45, 7) is 5.77. The van der Waals surface area contributed by atoms with Gasteiger partial charge in [-0.1, -0.05) is 93.6 Å². The van der Waals surface area contributed by atoms with E-state index >= 15 is 0 Å². The van der Waals surface area contributed by atoms with Crippen molar-refractivity contribution >= 4 is 34.1 Å². The van der Waals surface area contributed by atoms with Crippen LogP contribution in [0.15, 0.2) is 152 Å². The zero-order chi connectivity index (χ0) is 40.6. The van der Waals surface area contributed by atoms with Crippen LogP contribution in [0.25, 0.3) is 22.3 Å². The number of ether oxygens (including phenoxy) is 2. The smallest absolute Gasteiger partial charge is 0.416 e. The normalized spacial score (nSPS) is 13.5. The van der Waals surface area contributed by atoms with Crippen molar-refractivity contribution in [3.8, 4) is 45.3 Å². The minimum Gasteiger partial charge on any atom is -0.453 e. The highest BCUT2D eigenvalue weighted by molar-refractivity contribution is 6.04. The first-order chi connectivity index (χ1) is 27.7. The highest BCUT2D eigenvalue weighted by Gasteiger charge is 2.39. The van der Waals surface area contributed by atoms with Gasteiger partial charge in [0.25, 0.3) is 0 Å². The lowest BCUT2D eigenvalue weighted by Crippen LogP contribution is -2.24. The number of anilines is 6. The van der Waals surface area contributed by atoms with Crippen molar-refractivity contribution in [2.24, 2.45) is 0 Å². The minimum atomic E-state index is -4.68. The number of alkyl halides is 6. The van der Waals surface area contributed by atoms with Crippen LogP contribution in [-0.2, 0) is 17.8 Å². The summed E-state index contributed by atoms with van der Waals surface area (Å²) in [4.78, 5) is 3.94. The summed E-state index contributed by atoms with van der Waals surface area (Å²) in [7, 11) is 0. The second-order valence-corrected chi connectivity index (χ2v) is 15.2. The number of fused-ring (bicyclic) bond motifs is 4. The molecular weight excluding hydrogens is 751 g/mol. The van der Waals surface area contributed by atoms with Crippen molar-refractivity contribution in [1.29, 1.82) is 0 Å². The van der Waals surface area contributed by atoms with Gasteiger partial charge in [0.05, 0.1) is 45.3 Å². The summed E-state index contributed by atoms with van der Waals surface area (Å²) in [6.07, 6.45) is -9.36. The Hall–Kier alpha value is -6.68. The Morgan fingerprint density at radius 1 is 0.379 bits per heavy atom. The molecule has 2 aliphatic heterocycles. The maximum Gasteiger partial charge on any atom is 0.416 e. The lowest BCUT2D eigenvalue weighted by Gasteiger charge is -2.40. The Kier molecular flexibility index (Phi) is 8.58. The summed E-state index contributed by atoms with van der Waals surface area (Å²) in [5, 5.41) is 0. The van der Waals surface area contributed by atoms with Crippen LogP contribution in [0, 0.1) is 0 Å². The molecule has 0 spiro atoms. The Labute approximate surface area is 331 Å². The van der Waals surface area contributed by atoms with Gasteiger partial charge in [-0.15, -0.1) is 0 Å². The highest BCUT2D eigenvalue weighted by Crippen LogP contribution is 2.60. The number of hydrogen-bond donors (Lipinski definition) is 0. The average Bonchev–Trinajstić information content (AvgIpc) is 3.20. The first kappa shape index (κ1) is 36.9. The molecule has 4 nitrogen and oxygen atoms in total. The van der Waals surface area contributed by atoms with Gasteiger partial charge >= 0.3 is 12.4 Å². The molecule has 0 unspecified atom stereocenters. The first-order valence-electron chi connectivity index (χ1n) is 18.6. The number of halogens is 6. The predicted octanol–water partition coefficient (Wildman–Crippen LogP) is 15.5. The van der Waals surface area contributed by atoms with Crippen LogP contribution in [0.5, 0.6) is 23.0 Å². The largest absolute Gasteiger partial charge is 0.453 e. The molecule has 0 aromatic heterocycles. The average molecular weight is 785 g/mol. The molecule has 290 valence electrons. The number of benzene rings is 7. The molecule has 0 amide bonds. The summed E-state index contributed by atoms with van der Waals surface area (Å²) in [6, 6.07) is 41.6. The van der Waals surface area contributed by atoms with Gasteiger partial charge in [0.15, 0.2) is 23.0 Å². The summed E-state index contributed by atoms with van der Waals surface area (Å²) in [5.41, 5.74) is 2.66. The molecule has 7 aromatic rings. The molecule has 0 fully saturated rings. The molecule has 2 heterocycles. The standard InChI is InChI=1S/C48H34F6N2O2/c1-46(2,3)45-43(29-14-12-16-31(26-29)47(49,50)51)37(55-33-18-4-8-22-39(33)57-40-23-9-5-19-34(40)55)28-38(44(45)30-15-13-17-32(27-30)48(52,53)54)56-35-20-6-10-24-41(35)58-42-25-11-7-21-36(42)56/h4-28H,1-3H3. The first-order valence-corrected chi connectivity index (χ1v) is 18.6. The topological polar surface area (TPSA) is 24.9 Å². The van der Waals surface area contributed by atoms with E-state index in [4.69, 9.17) is 9.47 Å². The SMILES string of the molecule is CC(C)(C)c1c(-c2cccc(C(F)(F)F)c2)c(N2c3ccccc3Oc3ccccc32)cc(N2c3ccccc3Oc3ccccc32)c1-c1cccc(C(F)(F)F)c1. The summed E-state index contributed by atoms with van der Waals surface area (Å²) in [5.74, 6) is 2.05. The van der Waals surface area contributed by atoms with Crippen molar-refractivity contribution in [3.05, 3.63) is 168 Å². The molecule has 0 saturated heterocycles. The van der Waals surface area contributed by atoms with Crippen LogP contribution >= 0.6 is 0 Å². The second-order valence-electron chi connectivity index (χ2n) is 15.2. The van der Waals surface area contributed by atoms with Crippen molar-refractivity contribution in [3.63, 3.8) is 0 Å². The summed E-state index contributed by atoms with van der Waals surface area (Å²) >= 11 is 0. The van der Waals surface area contributed by atoms with E-state index < -0.39 is 28.9 Å². The van der Waals surface area contributed by atoms with Gasteiger partial charge in [0.1, 0.15) is 0 Å². The quantitative estimate of drug-likeness (QED) is 0.166. The van der Waals surface area contributed by atoms with Gasteiger partial charge in [-0.05, 0) is 101 Å². The monoisotopic (exact) mass is 784 g/mol. The third kappa shape index (κ3) is 6.29. The van der Waals surface area contributed by atoms with Crippen molar-refractivity contribution in [1.82, 2.24) is 0 Å². The van der Waals surface area contributed by atoms with Gasteiger partial charge in [-0.25, -0.2) is 0 Å². The van der Waals surface area contributed by atoms with Gasteiger partial charge in [-0.3, -0.25) is 0 Å². The molecule has 0 aliphatic carbocycles. The van der Waals surface area contributed by atoms with Crippen LogP contribution in [0.4, 0.5) is 60.5 Å². The van der Waals surface area contributed by atoms with Gasteiger partial charge in [-0.2, -0.15) is 26.3 Å². The maximum absolute atomic E-state index is 14.6. The molecule has 0 saturated carbocycles. The molecular formula is C48H34F6N2O2. The van der Waals surface area contributed by atoms with E-state index in [1.54, 1.807) is 12.1 Å². The third-order valence-electron chi connectivity index (χ3n) is 10.3. The molecule has 58 heavy (non-hydrogen) atoms. The Balaban J connectivity index is 1.51.